The summed E-state index contributed by atoms with van der Waals surface area (Å²) in [6.07, 6.45) is 4.27. The maximum Gasteiger partial charge on any atom is 0.321 e. The van der Waals surface area contributed by atoms with Gasteiger partial charge in [-0.05, 0) is 36.2 Å². The Hall–Kier alpha value is -2.91. The van der Waals surface area contributed by atoms with Crippen molar-refractivity contribution >= 4 is 11.7 Å². The van der Waals surface area contributed by atoms with E-state index in [4.69, 9.17) is 5.26 Å². The van der Waals surface area contributed by atoms with E-state index in [2.05, 4.69) is 21.3 Å². The van der Waals surface area contributed by atoms with Crippen LogP contribution in [0.15, 0.2) is 48.8 Å². The summed E-state index contributed by atoms with van der Waals surface area (Å²) in [5.74, 6) is 0. The number of benzene rings is 1. The van der Waals surface area contributed by atoms with Crippen molar-refractivity contribution in [2.24, 2.45) is 0 Å². The highest BCUT2D eigenvalue weighted by Gasteiger charge is 2.19. The molecule has 0 radical (unpaired) electrons. The Labute approximate surface area is 147 Å². The van der Waals surface area contributed by atoms with Gasteiger partial charge < -0.3 is 10.2 Å². The van der Waals surface area contributed by atoms with Crippen molar-refractivity contribution < 1.29 is 4.79 Å². The van der Waals surface area contributed by atoms with Crippen molar-refractivity contribution in [2.45, 2.75) is 13.0 Å². The molecule has 2 heterocycles. The molecular weight excluding hydrogens is 314 g/mol. The van der Waals surface area contributed by atoms with Crippen LogP contribution < -0.4 is 5.32 Å². The summed E-state index contributed by atoms with van der Waals surface area (Å²) in [7, 11) is 0. The third-order valence-corrected chi connectivity index (χ3v) is 4.28. The molecule has 1 aromatic carbocycles. The van der Waals surface area contributed by atoms with Crippen molar-refractivity contribution in [3.8, 4) is 6.07 Å². The van der Waals surface area contributed by atoms with Gasteiger partial charge in [-0.1, -0.05) is 12.1 Å². The molecule has 0 atom stereocenters. The van der Waals surface area contributed by atoms with E-state index in [0.29, 0.717) is 17.8 Å². The molecule has 6 heteroatoms. The lowest BCUT2D eigenvalue weighted by molar-refractivity contribution is 0.211. The SMILES string of the molecule is N#Cc1ccc(CN2CCCN(C(=O)Nc3cccnc3)CC2)cc1. The van der Waals surface area contributed by atoms with Gasteiger partial charge in [0.05, 0.1) is 23.5 Å². The Morgan fingerprint density at radius 2 is 2.00 bits per heavy atom. The van der Waals surface area contributed by atoms with E-state index < -0.39 is 0 Å². The fourth-order valence-corrected chi connectivity index (χ4v) is 2.91. The van der Waals surface area contributed by atoms with Crippen molar-refractivity contribution in [3.63, 3.8) is 0 Å². The van der Waals surface area contributed by atoms with Gasteiger partial charge in [0.25, 0.3) is 0 Å². The van der Waals surface area contributed by atoms with Gasteiger partial charge in [0.2, 0.25) is 0 Å². The van der Waals surface area contributed by atoms with E-state index in [1.54, 1.807) is 18.5 Å². The number of hydrogen-bond donors (Lipinski definition) is 1. The molecule has 1 N–H and O–H groups in total. The van der Waals surface area contributed by atoms with Crippen LogP contribution in [0.2, 0.25) is 0 Å². The first-order valence-electron chi connectivity index (χ1n) is 8.42. The average molecular weight is 335 g/mol. The third kappa shape index (κ3) is 4.78. The van der Waals surface area contributed by atoms with Crippen LogP contribution in [0.1, 0.15) is 17.5 Å². The Morgan fingerprint density at radius 1 is 1.16 bits per heavy atom. The number of nitrogens with zero attached hydrogens (tertiary/aromatic N) is 4. The molecule has 0 bridgehead atoms. The van der Waals surface area contributed by atoms with E-state index in [-0.39, 0.29) is 6.03 Å². The zero-order valence-corrected chi connectivity index (χ0v) is 14.1. The van der Waals surface area contributed by atoms with E-state index in [0.717, 1.165) is 32.6 Å². The number of amides is 2. The smallest absolute Gasteiger partial charge is 0.321 e. The van der Waals surface area contributed by atoms with Crippen molar-refractivity contribution in [2.75, 3.05) is 31.5 Å². The largest absolute Gasteiger partial charge is 0.323 e. The molecule has 1 aliphatic rings. The summed E-state index contributed by atoms with van der Waals surface area (Å²) < 4.78 is 0. The quantitative estimate of drug-likeness (QED) is 0.936. The highest BCUT2D eigenvalue weighted by molar-refractivity contribution is 5.89. The number of carbonyl (C=O) groups is 1. The van der Waals surface area contributed by atoms with E-state index >= 15 is 0 Å². The Morgan fingerprint density at radius 3 is 2.72 bits per heavy atom. The summed E-state index contributed by atoms with van der Waals surface area (Å²) in [4.78, 5) is 20.6. The summed E-state index contributed by atoms with van der Waals surface area (Å²) in [6, 6.07) is 13.4. The standard InChI is InChI=1S/C19H21N5O/c20-13-16-4-6-17(7-5-16)15-23-9-2-10-24(12-11-23)19(25)22-18-3-1-8-21-14-18/h1,3-8,14H,2,9-12,15H2,(H,22,25). The molecular formula is C19H21N5O. The van der Waals surface area contributed by atoms with Gasteiger partial charge in [-0.3, -0.25) is 9.88 Å². The van der Waals surface area contributed by atoms with Gasteiger partial charge in [0.15, 0.2) is 0 Å². The molecule has 1 saturated heterocycles. The highest BCUT2D eigenvalue weighted by Crippen LogP contribution is 2.12. The molecule has 0 saturated carbocycles. The third-order valence-electron chi connectivity index (χ3n) is 4.28. The molecule has 0 unspecified atom stereocenters. The second kappa shape index (κ2) is 8.27. The molecule has 3 rings (SSSR count). The molecule has 2 aromatic rings. The van der Waals surface area contributed by atoms with E-state index in [9.17, 15) is 4.79 Å². The molecule has 2 amide bonds. The first-order valence-corrected chi connectivity index (χ1v) is 8.42. The minimum atomic E-state index is -0.0757. The molecule has 1 fully saturated rings. The van der Waals surface area contributed by atoms with Crippen LogP contribution in [0.5, 0.6) is 0 Å². The lowest BCUT2D eigenvalue weighted by Crippen LogP contribution is -2.38. The van der Waals surface area contributed by atoms with Crippen LogP contribution in [0.3, 0.4) is 0 Å². The van der Waals surface area contributed by atoms with Crippen LogP contribution in [-0.2, 0) is 6.54 Å². The number of nitriles is 1. The number of aromatic nitrogens is 1. The summed E-state index contributed by atoms with van der Waals surface area (Å²) in [6.45, 7) is 4.07. The number of urea groups is 1. The normalized spacial score (nSPS) is 15.2. The minimum Gasteiger partial charge on any atom is -0.323 e. The summed E-state index contributed by atoms with van der Waals surface area (Å²) >= 11 is 0. The van der Waals surface area contributed by atoms with Crippen LogP contribution in [0, 0.1) is 11.3 Å². The maximum absolute atomic E-state index is 12.4. The summed E-state index contributed by atoms with van der Waals surface area (Å²) in [5.41, 5.74) is 2.58. The maximum atomic E-state index is 12.4. The number of rotatable bonds is 3. The van der Waals surface area contributed by atoms with Gasteiger partial charge in [-0.15, -0.1) is 0 Å². The van der Waals surface area contributed by atoms with Crippen LogP contribution >= 0.6 is 0 Å². The van der Waals surface area contributed by atoms with Gasteiger partial charge in [0.1, 0.15) is 0 Å². The average Bonchev–Trinajstić information content (AvgIpc) is 2.89. The molecule has 1 aromatic heterocycles. The van der Waals surface area contributed by atoms with Gasteiger partial charge in [-0.2, -0.15) is 5.26 Å². The Balaban J connectivity index is 1.53. The fraction of sp³-hybridized carbons (Fsp3) is 0.316. The second-order valence-electron chi connectivity index (χ2n) is 6.10. The predicted molar refractivity (Wildman–Crippen MR) is 95.9 cm³/mol. The second-order valence-corrected chi connectivity index (χ2v) is 6.10. The summed E-state index contributed by atoms with van der Waals surface area (Å²) in [5, 5.41) is 11.8. The fourth-order valence-electron chi connectivity index (χ4n) is 2.91. The van der Waals surface area contributed by atoms with Crippen molar-refractivity contribution in [1.82, 2.24) is 14.8 Å². The van der Waals surface area contributed by atoms with Gasteiger partial charge >= 0.3 is 6.03 Å². The number of anilines is 1. The van der Waals surface area contributed by atoms with Gasteiger partial charge in [0, 0.05) is 38.9 Å². The van der Waals surface area contributed by atoms with Crippen LogP contribution in [-0.4, -0.2) is 47.0 Å². The molecule has 6 nitrogen and oxygen atoms in total. The monoisotopic (exact) mass is 335 g/mol. The molecule has 128 valence electrons. The number of carbonyl (C=O) groups excluding carboxylic acids is 1. The zero-order chi connectivity index (χ0) is 17.5. The molecule has 25 heavy (non-hydrogen) atoms. The van der Waals surface area contributed by atoms with Crippen molar-refractivity contribution in [3.05, 3.63) is 59.9 Å². The molecule has 1 aliphatic heterocycles. The topological polar surface area (TPSA) is 72.3 Å². The van der Waals surface area contributed by atoms with Crippen molar-refractivity contribution in [1.29, 1.82) is 5.26 Å². The number of pyridine rings is 1. The molecule has 0 aliphatic carbocycles. The highest BCUT2D eigenvalue weighted by atomic mass is 16.2. The van der Waals surface area contributed by atoms with E-state index in [1.165, 1.54) is 5.56 Å². The Kier molecular flexibility index (Phi) is 5.60. The number of hydrogen-bond acceptors (Lipinski definition) is 4. The Bertz CT molecular complexity index is 739. The van der Waals surface area contributed by atoms with Gasteiger partial charge in [-0.25, -0.2) is 4.79 Å². The van der Waals surface area contributed by atoms with Crippen LogP contribution in [0.4, 0.5) is 10.5 Å². The first-order chi connectivity index (χ1) is 12.2. The predicted octanol–water partition coefficient (Wildman–Crippen LogP) is 2.69. The molecule has 0 spiro atoms. The lowest BCUT2D eigenvalue weighted by atomic mass is 10.1. The minimum absolute atomic E-state index is 0.0757. The number of nitrogens with one attached hydrogen (secondary N) is 1. The zero-order valence-electron chi connectivity index (χ0n) is 14.1. The van der Waals surface area contributed by atoms with E-state index in [1.807, 2.05) is 35.2 Å². The lowest BCUT2D eigenvalue weighted by Gasteiger charge is -2.22. The van der Waals surface area contributed by atoms with Crippen LogP contribution in [0.25, 0.3) is 0 Å². The first kappa shape index (κ1) is 16.9.